The third-order valence-electron chi connectivity index (χ3n) is 2.08. The molecule has 1 fully saturated rings. The van der Waals surface area contributed by atoms with Gasteiger partial charge in [0.2, 0.25) is 6.10 Å². The Morgan fingerprint density at radius 1 is 1.38 bits per heavy atom. The van der Waals surface area contributed by atoms with Gasteiger partial charge in [-0.05, 0) is 5.56 Å². The number of esters is 1. The van der Waals surface area contributed by atoms with E-state index in [9.17, 15) is 9.59 Å². The normalized spacial score (nSPS) is 18.8. The van der Waals surface area contributed by atoms with Crippen molar-refractivity contribution in [2.24, 2.45) is 0 Å². The predicted molar refractivity (Wildman–Crippen MR) is 52.5 cm³/mol. The lowest BCUT2D eigenvalue weighted by Crippen LogP contribution is -2.25. The molecule has 1 atom stereocenters. The van der Waals surface area contributed by atoms with Crippen molar-refractivity contribution in [3.8, 4) is 0 Å². The summed E-state index contributed by atoms with van der Waals surface area (Å²) in [4.78, 5) is 22.0. The van der Waals surface area contributed by atoms with Gasteiger partial charge in [-0.2, -0.15) is 0 Å². The zero-order chi connectivity index (χ0) is 11.4. The van der Waals surface area contributed by atoms with Crippen LogP contribution in [0.2, 0.25) is 0 Å². The lowest BCUT2D eigenvalue weighted by molar-refractivity contribution is -0.153. The molecule has 0 aliphatic carbocycles. The van der Waals surface area contributed by atoms with Crippen molar-refractivity contribution in [1.29, 1.82) is 0 Å². The summed E-state index contributed by atoms with van der Waals surface area (Å²) in [5, 5.41) is 0. The van der Waals surface area contributed by atoms with E-state index in [1.165, 1.54) is 0 Å². The first-order valence-electron chi connectivity index (χ1n) is 4.79. The van der Waals surface area contributed by atoms with E-state index >= 15 is 0 Å². The summed E-state index contributed by atoms with van der Waals surface area (Å²) in [5.41, 5.74) is 0.876. The molecule has 1 aromatic rings. The summed E-state index contributed by atoms with van der Waals surface area (Å²) in [5.74, 6) is -0.588. The first kappa shape index (κ1) is 10.5. The van der Waals surface area contributed by atoms with E-state index in [-0.39, 0.29) is 13.2 Å². The summed E-state index contributed by atoms with van der Waals surface area (Å²) in [6.45, 7) is 0.0835. The molecule has 5 nitrogen and oxygen atoms in total. The molecule has 0 N–H and O–H groups in total. The van der Waals surface area contributed by atoms with E-state index < -0.39 is 18.2 Å². The Bertz CT molecular complexity index is 387. The second-order valence-electron chi connectivity index (χ2n) is 3.26. The summed E-state index contributed by atoms with van der Waals surface area (Å²) in [6.07, 6.45) is -1.77. The summed E-state index contributed by atoms with van der Waals surface area (Å²) >= 11 is 0. The van der Waals surface area contributed by atoms with E-state index in [0.717, 1.165) is 5.56 Å². The zero-order valence-corrected chi connectivity index (χ0v) is 8.42. The molecule has 1 aromatic carbocycles. The van der Waals surface area contributed by atoms with Gasteiger partial charge in [0, 0.05) is 0 Å². The van der Waals surface area contributed by atoms with Crippen molar-refractivity contribution >= 4 is 12.1 Å². The largest absolute Gasteiger partial charge is 0.509 e. The lowest BCUT2D eigenvalue weighted by Gasteiger charge is -2.07. The smallest absolute Gasteiger partial charge is 0.458 e. The molecular weight excluding hydrogens is 212 g/mol. The van der Waals surface area contributed by atoms with Gasteiger partial charge in [-0.15, -0.1) is 0 Å². The molecule has 0 radical (unpaired) electrons. The molecule has 84 valence electrons. The van der Waals surface area contributed by atoms with Crippen LogP contribution in [0.15, 0.2) is 30.3 Å². The lowest BCUT2D eigenvalue weighted by atomic mass is 10.2. The second-order valence-corrected chi connectivity index (χ2v) is 3.26. The minimum atomic E-state index is -0.934. The van der Waals surface area contributed by atoms with Gasteiger partial charge in [-0.25, -0.2) is 9.59 Å². The van der Waals surface area contributed by atoms with Gasteiger partial charge in [0.25, 0.3) is 0 Å². The summed E-state index contributed by atoms with van der Waals surface area (Å²) in [7, 11) is 0. The first-order chi connectivity index (χ1) is 7.75. The van der Waals surface area contributed by atoms with Crippen molar-refractivity contribution in [2.75, 3.05) is 6.61 Å². The molecular formula is C11H10O5. The highest BCUT2D eigenvalue weighted by Crippen LogP contribution is 2.09. The van der Waals surface area contributed by atoms with Crippen LogP contribution < -0.4 is 0 Å². The Morgan fingerprint density at radius 3 is 2.75 bits per heavy atom. The highest BCUT2D eigenvalue weighted by atomic mass is 16.8. The fraction of sp³-hybridized carbons (Fsp3) is 0.273. The van der Waals surface area contributed by atoms with Crippen LogP contribution in [-0.4, -0.2) is 24.8 Å². The Hall–Kier alpha value is -2.04. The summed E-state index contributed by atoms with van der Waals surface area (Å²) < 4.78 is 14.0. The molecule has 0 spiro atoms. The van der Waals surface area contributed by atoms with Crippen molar-refractivity contribution in [3.05, 3.63) is 35.9 Å². The highest BCUT2D eigenvalue weighted by molar-refractivity contribution is 5.79. The average molecular weight is 222 g/mol. The Morgan fingerprint density at radius 2 is 2.12 bits per heavy atom. The van der Waals surface area contributed by atoms with Gasteiger partial charge >= 0.3 is 12.1 Å². The SMILES string of the molecule is O=C1OCC(C(=O)OCc2ccccc2)O1. The molecule has 1 saturated heterocycles. The molecule has 16 heavy (non-hydrogen) atoms. The zero-order valence-electron chi connectivity index (χ0n) is 8.42. The maximum absolute atomic E-state index is 11.4. The van der Waals surface area contributed by atoms with E-state index in [1.807, 2.05) is 30.3 Å². The second kappa shape index (κ2) is 4.65. The number of carbonyl (C=O) groups is 2. The Labute approximate surface area is 91.9 Å². The van der Waals surface area contributed by atoms with Crippen molar-refractivity contribution < 1.29 is 23.8 Å². The monoisotopic (exact) mass is 222 g/mol. The maximum atomic E-state index is 11.4. The molecule has 0 saturated carbocycles. The van der Waals surface area contributed by atoms with E-state index in [1.54, 1.807) is 0 Å². The average Bonchev–Trinajstić information content (AvgIpc) is 2.74. The number of rotatable bonds is 3. The number of carbonyl (C=O) groups excluding carboxylic acids is 2. The number of cyclic esters (lactones) is 2. The molecule has 1 aliphatic rings. The van der Waals surface area contributed by atoms with Gasteiger partial charge in [0.15, 0.2) is 0 Å². The molecule has 1 unspecified atom stereocenters. The minimum absolute atomic E-state index is 0.0769. The van der Waals surface area contributed by atoms with E-state index in [4.69, 9.17) is 4.74 Å². The highest BCUT2D eigenvalue weighted by Gasteiger charge is 2.32. The van der Waals surface area contributed by atoms with Crippen LogP contribution in [0.25, 0.3) is 0 Å². The van der Waals surface area contributed by atoms with Crippen LogP contribution in [0.5, 0.6) is 0 Å². The third kappa shape index (κ3) is 2.50. The van der Waals surface area contributed by atoms with Gasteiger partial charge < -0.3 is 14.2 Å². The minimum Gasteiger partial charge on any atom is -0.458 e. The number of hydrogen-bond acceptors (Lipinski definition) is 5. The van der Waals surface area contributed by atoms with Gasteiger partial charge in [-0.3, -0.25) is 0 Å². The maximum Gasteiger partial charge on any atom is 0.509 e. The summed E-state index contributed by atoms with van der Waals surface area (Å²) in [6, 6.07) is 9.25. The molecule has 0 aromatic heterocycles. The van der Waals surface area contributed by atoms with Gasteiger partial charge in [-0.1, -0.05) is 30.3 Å². The van der Waals surface area contributed by atoms with E-state index in [0.29, 0.717) is 0 Å². The fourth-order valence-electron chi connectivity index (χ4n) is 1.27. The molecule has 5 heteroatoms. The van der Waals surface area contributed by atoms with Crippen LogP contribution in [0.4, 0.5) is 4.79 Å². The van der Waals surface area contributed by atoms with Crippen LogP contribution in [0, 0.1) is 0 Å². The number of benzene rings is 1. The van der Waals surface area contributed by atoms with Crippen LogP contribution in [0.1, 0.15) is 5.56 Å². The van der Waals surface area contributed by atoms with Crippen LogP contribution >= 0.6 is 0 Å². The quantitative estimate of drug-likeness (QED) is 0.720. The fourth-order valence-corrected chi connectivity index (χ4v) is 1.27. The molecule has 0 bridgehead atoms. The predicted octanol–water partition coefficient (Wildman–Crippen LogP) is 1.27. The Balaban J connectivity index is 1.82. The van der Waals surface area contributed by atoms with Gasteiger partial charge in [0.1, 0.15) is 13.2 Å². The molecule has 1 heterocycles. The standard InChI is InChI=1S/C11H10O5/c12-10(9-7-15-11(13)16-9)14-6-8-4-2-1-3-5-8/h1-5,9H,6-7H2. The van der Waals surface area contributed by atoms with E-state index in [2.05, 4.69) is 9.47 Å². The van der Waals surface area contributed by atoms with Gasteiger partial charge in [0.05, 0.1) is 0 Å². The molecule has 2 rings (SSSR count). The molecule has 1 aliphatic heterocycles. The van der Waals surface area contributed by atoms with Crippen molar-refractivity contribution in [3.63, 3.8) is 0 Å². The van der Waals surface area contributed by atoms with Crippen LogP contribution in [0.3, 0.4) is 0 Å². The van der Waals surface area contributed by atoms with Crippen molar-refractivity contribution in [1.82, 2.24) is 0 Å². The van der Waals surface area contributed by atoms with Crippen molar-refractivity contribution in [2.45, 2.75) is 12.7 Å². The van der Waals surface area contributed by atoms with Crippen LogP contribution in [-0.2, 0) is 25.6 Å². The Kier molecular flexibility index (Phi) is 3.05. The molecule has 0 amide bonds. The topological polar surface area (TPSA) is 61.8 Å². The first-order valence-corrected chi connectivity index (χ1v) is 4.79. The third-order valence-corrected chi connectivity index (χ3v) is 2.08. The number of hydrogen-bond donors (Lipinski definition) is 0. The number of ether oxygens (including phenoxy) is 3.